The van der Waals surface area contributed by atoms with E-state index in [0.29, 0.717) is 12.8 Å². The van der Waals surface area contributed by atoms with Crippen molar-refractivity contribution in [1.29, 1.82) is 0 Å². The van der Waals surface area contributed by atoms with Crippen LogP contribution in [0.3, 0.4) is 0 Å². The second-order valence-corrected chi connectivity index (χ2v) is 12.8. The summed E-state index contributed by atoms with van der Waals surface area (Å²) in [5.41, 5.74) is 0. The molecule has 1 amide bonds. The lowest BCUT2D eigenvalue weighted by Gasteiger charge is -2.26. The monoisotopic (exact) mass is 584 g/mol. The Kier molecular flexibility index (Phi) is 31.8. The predicted octanol–water partition coefficient (Wildman–Crippen LogP) is 9.54. The molecule has 0 saturated heterocycles. The maximum Gasteiger partial charge on any atom is 0.220 e. The summed E-state index contributed by atoms with van der Waals surface area (Å²) in [5, 5.41) is 33.3. The molecule has 0 aliphatic carbocycles. The van der Waals surface area contributed by atoms with Crippen LogP contribution in [0.15, 0.2) is 0 Å². The zero-order valence-electron chi connectivity index (χ0n) is 27.7. The lowest BCUT2D eigenvalue weighted by molar-refractivity contribution is -0.124. The summed E-state index contributed by atoms with van der Waals surface area (Å²) in [6, 6.07) is -0.800. The van der Waals surface area contributed by atoms with E-state index < -0.39 is 18.2 Å². The van der Waals surface area contributed by atoms with Gasteiger partial charge in [-0.15, -0.1) is 0 Å². The Hall–Kier alpha value is -0.650. The largest absolute Gasteiger partial charge is 0.394 e. The molecule has 41 heavy (non-hydrogen) atoms. The molecule has 0 saturated carbocycles. The third kappa shape index (κ3) is 27.9. The Morgan fingerprint density at radius 1 is 0.512 bits per heavy atom. The first-order valence-electron chi connectivity index (χ1n) is 18.3. The number of unbranched alkanes of at least 4 members (excludes halogenated alkanes) is 25. The van der Waals surface area contributed by atoms with Gasteiger partial charge in [0.15, 0.2) is 0 Å². The summed E-state index contributed by atoms with van der Waals surface area (Å²) in [5.74, 6) is -0.143. The van der Waals surface area contributed by atoms with Crippen molar-refractivity contribution in [3.05, 3.63) is 0 Å². The molecule has 0 aromatic rings. The van der Waals surface area contributed by atoms with E-state index in [2.05, 4.69) is 19.2 Å². The van der Waals surface area contributed by atoms with Crippen molar-refractivity contribution >= 4 is 5.91 Å². The molecule has 0 aliphatic rings. The first kappa shape index (κ1) is 40.4. The SMILES string of the molecule is CCCCCCCCCCCCCCCCCC(=O)N[C@@H](CO)C(O)[C@H](O)CCCCCCCCCCCCCC. The summed E-state index contributed by atoms with van der Waals surface area (Å²) in [6.45, 7) is 4.16. The van der Waals surface area contributed by atoms with Crippen LogP contribution in [0.25, 0.3) is 0 Å². The van der Waals surface area contributed by atoms with Crippen LogP contribution in [0.5, 0.6) is 0 Å². The van der Waals surface area contributed by atoms with E-state index in [-0.39, 0.29) is 12.5 Å². The average Bonchev–Trinajstić information content (AvgIpc) is 2.97. The van der Waals surface area contributed by atoms with Crippen molar-refractivity contribution in [2.75, 3.05) is 6.61 Å². The first-order chi connectivity index (χ1) is 20.1. The molecule has 0 rings (SSSR count). The quantitative estimate of drug-likeness (QED) is 0.0579. The molecular weight excluding hydrogens is 510 g/mol. The summed E-state index contributed by atoms with van der Waals surface area (Å²) in [7, 11) is 0. The van der Waals surface area contributed by atoms with Crippen LogP contribution in [0, 0.1) is 0 Å². The van der Waals surface area contributed by atoms with Gasteiger partial charge in [0.05, 0.1) is 18.8 Å². The highest BCUT2D eigenvalue weighted by molar-refractivity contribution is 5.76. The fourth-order valence-electron chi connectivity index (χ4n) is 5.81. The van der Waals surface area contributed by atoms with Gasteiger partial charge in [0.2, 0.25) is 5.91 Å². The van der Waals surface area contributed by atoms with Crippen LogP contribution in [-0.4, -0.2) is 46.1 Å². The molecule has 0 spiro atoms. The van der Waals surface area contributed by atoms with Crippen LogP contribution in [0.2, 0.25) is 0 Å². The van der Waals surface area contributed by atoms with Gasteiger partial charge in [-0.3, -0.25) is 4.79 Å². The van der Waals surface area contributed by atoms with Crippen molar-refractivity contribution in [2.24, 2.45) is 0 Å². The molecule has 0 aromatic carbocycles. The Morgan fingerprint density at radius 3 is 1.17 bits per heavy atom. The minimum Gasteiger partial charge on any atom is -0.394 e. The normalized spacial score (nSPS) is 13.8. The predicted molar refractivity (Wildman–Crippen MR) is 176 cm³/mol. The van der Waals surface area contributed by atoms with Crippen LogP contribution < -0.4 is 5.32 Å². The Labute approximate surface area is 256 Å². The number of amides is 1. The summed E-state index contributed by atoms with van der Waals surface area (Å²) < 4.78 is 0. The maximum atomic E-state index is 12.3. The fourth-order valence-corrected chi connectivity index (χ4v) is 5.81. The minimum atomic E-state index is -1.13. The van der Waals surface area contributed by atoms with Crippen LogP contribution in [0.1, 0.15) is 200 Å². The number of rotatable bonds is 33. The van der Waals surface area contributed by atoms with Crippen molar-refractivity contribution in [3.63, 3.8) is 0 Å². The van der Waals surface area contributed by atoms with Crippen molar-refractivity contribution < 1.29 is 20.1 Å². The van der Waals surface area contributed by atoms with Crippen molar-refractivity contribution in [1.82, 2.24) is 5.32 Å². The molecule has 246 valence electrons. The number of aliphatic hydroxyl groups excluding tert-OH is 3. The number of aliphatic hydroxyl groups is 3. The number of hydrogen-bond acceptors (Lipinski definition) is 4. The van der Waals surface area contributed by atoms with Gasteiger partial charge in [-0.2, -0.15) is 0 Å². The van der Waals surface area contributed by atoms with Gasteiger partial charge >= 0.3 is 0 Å². The second kappa shape index (κ2) is 32.3. The minimum absolute atomic E-state index is 0.143. The van der Waals surface area contributed by atoms with Gasteiger partial charge < -0.3 is 20.6 Å². The van der Waals surface area contributed by atoms with E-state index in [1.54, 1.807) is 0 Å². The Morgan fingerprint density at radius 2 is 0.829 bits per heavy atom. The summed E-state index contributed by atoms with van der Waals surface area (Å²) >= 11 is 0. The third-order valence-corrected chi connectivity index (χ3v) is 8.71. The van der Waals surface area contributed by atoms with E-state index in [9.17, 15) is 20.1 Å². The lowest BCUT2D eigenvalue weighted by Crippen LogP contribution is -2.50. The average molecular weight is 584 g/mol. The molecule has 0 aliphatic heterocycles. The van der Waals surface area contributed by atoms with Gasteiger partial charge in [-0.05, 0) is 12.8 Å². The van der Waals surface area contributed by atoms with Crippen molar-refractivity contribution in [3.8, 4) is 0 Å². The third-order valence-electron chi connectivity index (χ3n) is 8.71. The fraction of sp³-hybridized carbons (Fsp3) is 0.972. The number of carbonyl (C=O) groups is 1. The molecule has 0 heterocycles. The number of carbonyl (C=O) groups excluding carboxylic acids is 1. The van der Waals surface area contributed by atoms with Crippen LogP contribution >= 0.6 is 0 Å². The highest BCUT2D eigenvalue weighted by Gasteiger charge is 2.26. The summed E-state index contributed by atoms with van der Waals surface area (Å²) in [4.78, 5) is 12.3. The van der Waals surface area contributed by atoms with Gasteiger partial charge in [0.1, 0.15) is 6.10 Å². The van der Waals surface area contributed by atoms with E-state index in [1.165, 1.54) is 135 Å². The first-order valence-corrected chi connectivity index (χ1v) is 18.3. The molecule has 0 radical (unpaired) electrons. The van der Waals surface area contributed by atoms with Crippen LogP contribution in [0.4, 0.5) is 0 Å². The Bertz CT molecular complexity index is 530. The Balaban J connectivity index is 3.66. The molecule has 5 nitrogen and oxygen atoms in total. The van der Waals surface area contributed by atoms with E-state index in [0.717, 1.165) is 38.5 Å². The molecule has 0 bridgehead atoms. The standard InChI is InChI=1S/C36H73NO4/c1-3-5-7-9-11-13-15-17-18-19-21-23-25-27-29-31-35(40)37-33(32-38)36(41)34(39)30-28-26-24-22-20-16-14-12-10-8-6-4-2/h33-34,36,38-39,41H,3-32H2,1-2H3,(H,37,40)/t33-,34+,36?/m0/s1. The lowest BCUT2D eigenvalue weighted by atomic mass is 9.99. The smallest absolute Gasteiger partial charge is 0.220 e. The highest BCUT2D eigenvalue weighted by Crippen LogP contribution is 2.16. The maximum absolute atomic E-state index is 12.3. The van der Waals surface area contributed by atoms with E-state index in [4.69, 9.17) is 0 Å². The van der Waals surface area contributed by atoms with Gasteiger partial charge in [-0.25, -0.2) is 0 Å². The topological polar surface area (TPSA) is 89.8 Å². The van der Waals surface area contributed by atoms with E-state index in [1.807, 2.05) is 0 Å². The highest BCUT2D eigenvalue weighted by atomic mass is 16.3. The molecule has 3 atom stereocenters. The number of nitrogens with one attached hydrogen (secondary N) is 1. The molecule has 0 aromatic heterocycles. The van der Waals surface area contributed by atoms with E-state index >= 15 is 0 Å². The summed E-state index contributed by atoms with van der Waals surface area (Å²) in [6.07, 6.45) is 33.3. The zero-order chi connectivity index (χ0) is 30.2. The molecular formula is C36H73NO4. The van der Waals surface area contributed by atoms with Gasteiger partial charge in [0, 0.05) is 6.42 Å². The van der Waals surface area contributed by atoms with Gasteiger partial charge in [0.25, 0.3) is 0 Å². The molecule has 5 heteroatoms. The molecule has 0 fully saturated rings. The van der Waals surface area contributed by atoms with Crippen LogP contribution in [-0.2, 0) is 4.79 Å². The molecule has 4 N–H and O–H groups in total. The van der Waals surface area contributed by atoms with Crippen molar-refractivity contribution in [2.45, 2.75) is 218 Å². The zero-order valence-corrected chi connectivity index (χ0v) is 27.7. The second-order valence-electron chi connectivity index (χ2n) is 12.8. The molecule has 1 unspecified atom stereocenters. The van der Waals surface area contributed by atoms with Gasteiger partial charge in [-0.1, -0.05) is 181 Å². The number of hydrogen-bond donors (Lipinski definition) is 4.